The van der Waals surface area contributed by atoms with Gasteiger partial charge in [-0.2, -0.15) is 10.2 Å². The molecule has 0 fully saturated rings. The molecule has 0 radical (unpaired) electrons. The quantitative estimate of drug-likeness (QED) is 0.893. The van der Waals surface area contributed by atoms with Crippen molar-refractivity contribution in [2.75, 3.05) is 0 Å². The number of rotatable bonds is 4. The van der Waals surface area contributed by atoms with Crippen LogP contribution in [0.25, 0.3) is 0 Å². The van der Waals surface area contributed by atoms with Gasteiger partial charge in [-0.15, -0.1) is 0 Å². The van der Waals surface area contributed by atoms with Crippen LogP contribution in [0.15, 0.2) is 12.4 Å². The molecule has 2 rings (SSSR count). The van der Waals surface area contributed by atoms with Gasteiger partial charge in [-0.1, -0.05) is 0 Å². The van der Waals surface area contributed by atoms with Crippen molar-refractivity contribution in [3.8, 4) is 0 Å². The molecule has 18 heavy (non-hydrogen) atoms. The van der Waals surface area contributed by atoms with Gasteiger partial charge >= 0.3 is 0 Å². The van der Waals surface area contributed by atoms with Crippen LogP contribution in [0.3, 0.4) is 0 Å². The molecule has 0 bridgehead atoms. The first-order valence-electron chi connectivity index (χ1n) is 6.20. The number of nitrogens with zero attached hydrogens (tertiary/aromatic N) is 4. The minimum atomic E-state index is 0.290. The summed E-state index contributed by atoms with van der Waals surface area (Å²) in [5.41, 5.74) is 4.78. The van der Waals surface area contributed by atoms with Crippen LogP contribution in [0, 0.1) is 13.8 Å². The molecule has 2 aromatic heterocycles. The highest BCUT2D eigenvalue weighted by molar-refractivity contribution is 5.20. The van der Waals surface area contributed by atoms with Crippen molar-refractivity contribution in [3.63, 3.8) is 0 Å². The standard InChI is InChI=1S/C13H21N5/c1-9(13-8-17(4)16-10(13)2)14-6-12-7-15-18(5)11(12)3/h7-9,14H,6H2,1-5H3. The average Bonchev–Trinajstić information content (AvgIpc) is 2.81. The molecule has 2 aromatic rings. The number of nitrogens with one attached hydrogen (secondary N) is 1. The molecule has 1 atom stereocenters. The summed E-state index contributed by atoms with van der Waals surface area (Å²) in [5, 5.41) is 12.1. The van der Waals surface area contributed by atoms with Gasteiger partial charge in [-0.05, 0) is 20.8 Å². The monoisotopic (exact) mass is 247 g/mol. The molecule has 0 aliphatic carbocycles. The molecule has 0 spiro atoms. The highest BCUT2D eigenvalue weighted by atomic mass is 15.3. The predicted molar refractivity (Wildman–Crippen MR) is 71.1 cm³/mol. The Labute approximate surface area is 108 Å². The zero-order valence-electron chi connectivity index (χ0n) is 11.7. The lowest BCUT2D eigenvalue weighted by Gasteiger charge is -2.12. The van der Waals surface area contributed by atoms with Crippen LogP contribution in [-0.2, 0) is 20.6 Å². The summed E-state index contributed by atoms with van der Waals surface area (Å²) in [6.07, 6.45) is 3.99. The van der Waals surface area contributed by atoms with Gasteiger partial charge in [0.2, 0.25) is 0 Å². The van der Waals surface area contributed by atoms with Gasteiger partial charge in [0.1, 0.15) is 0 Å². The van der Waals surface area contributed by atoms with Crippen LogP contribution >= 0.6 is 0 Å². The van der Waals surface area contributed by atoms with Gasteiger partial charge in [0.15, 0.2) is 0 Å². The molecule has 98 valence electrons. The van der Waals surface area contributed by atoms with Crippen molar-refractivity contribution >= 4 is 0 Å². The normalized spacial score (nSPS) is 12.9. The fourth-order valence-corrected chi connectivity index (χ4v) is 2.13. The third-order valence-electron chi connectivity index (χ3n) is 3.45. The van der Waals surface area contributed by atoms with Gasteiger partial charge in [-0.25, -0.2) is 0 Å². The Morgan fingerprint density at radius 1 is 1.33 bits per heavy atom. The molecular weight excluding hydrogens is 226 g/mol. The zero-order chi connectivity index (χ0) is 13.3. The lowest BCUT2D eigenvalue weighted by atomic mass is 10.1. The lowest BCUT2D eigenvalue weighted by Crippen LogP contribution is -2.18. The van der Waals surface area contributed by atoms with E-state index in [1.807, 2.05) is 36.6 Å². The molecule has 0 amide bonds. The average molecular weight is 247 g/mol. The van der Waals surface area contributed by atoms with Crippen LogP contribution in [0.1, 0.15) is 35.5 Å². The van der Waals surface area contributed by atoms with E-state index >= 15 is 0 Å². The maximum atomic E-state index is 4.37. The summed E-state index contributed by atoms with van der Waals surface area (Å²) in [6, 6.07) is 0.290. The van der Waals surface area contributed by atoms with E-state index in [0.717, 1.165) is 12.2 Å². The lowest BCUT2D eigenvalue weighted by molar-refractivity contribution is 0.570. The molecule has 5 heteroatoms. The molecule has 0 aliphatic heterocycles. The topological polar surface area (TPSA) is 47.7 Å². The summed E-state index contributed by atoms with van der Waals surface area (Å²) in [5.74, 6) is 0. The van der Waals surface area contributed by atoms with Gasteiger partial charge in [0, 0.05) is 49.7 Å². The van der Waals surface area contributed by atoms with Crippen molar-refractivity contribution in [2.24, 2.45) is 14.1 Å². The van der Waals surface area contributed by atoms with Crippen molar-refractivity contribution < 1.29 is 0 Å². The van der Waals surface area contributed by atoms with E-state index in [-0.39, 0.29) is 0 Å². The maximum absolute atomic E-state index is 4.37. The first kappa shape index (κ1) is 12.8. The third-order valence-corrected chi connectivity index (χ3v) is 3.45. The van der Waals surface area contributed by atoms with Crippen molar-refractivity contribution in [3.05, 3.63) is 34.9 Å². The highest BCUT2D eigenvalue weighted by Gasteiger charge is 2.12. The first-order valence-corrected chi connectivity index (χ1v) is 6.20. The van der Waals surface area contributed by atoms with Gasteiger partial charge in [0.05, 0.1) is 11.9 Å². The van der Waals surface area contributed by atoms with E-state index in [1.165, 1.54) is 16.8 Å². The predicted octanol–water partition coefficient (Wildman–Crippen LogP) is 1.62. The summed E-state index contributed by atoms with van der Waals surface area (Å²) in [6.45, 7) is 7.12. The summed E-state index contributed by atoms with van der Waals surface area (Å²) < 4.78 is 3.76. The molecule has 0 saturated carbocycles. The molecule has 1 N–H and O–H groups in total. The summed E-state index contributed by atoms with van der Waals surface area (Å²) in [4.78, 5) is 0. The smallest absolute Gasteiger partial charge is 0.0641 e. The molecule has 5 nitrogen and oxygen atoms in total. The van der Waals surface area contributed by atoms with E-state index in [4.69, 9.17) is 0 Å². The van der Waals surface area contributed by atoms with E-state index in [9.17, 15) is 0 Å². The van der Waals surface area contributed by atoms with Gasteiger partial charge in [0.25, 0.3) is 0 Å². The SMILES string of the molecule is Cc1nn(C)cc1C(C)NCc1cnn(C)c1C. The molecule has 2 heterocycles. The number of aromatic nitrogens is 4. The number of aryl methyl sites for hydroxylation is 3. The molecule has 1 unspecified atom stereocenters. The Kier molecular flexibility index (Phi) is 3.52. The zero-order valence-corrected chi connectivity index (χ0v) is 11.7. The Balaban J connectivity index is 2.02. The Morgan fingerprint density at radius 3 is 2.56 bits per heavy atom. The molecule has 0 aliphatic rings. The van der Waals surface area contributed by atoms with E-state index in [0.29, 0.717) is 6.04 Å². The van der Waals surface area contributed by atoms with E-state index in [2.05, 4.69) is 35.6 Å². The Morgan fingerprint density at radius 2 is 2.06 bits per heavy atom. The number of hydrogen-bond donors (Lipinski definition) is 1. The van der Waals surface area contributed by atoms with Crippen LogP contribution < -0.4 is 5.32 Å². The van der Waals surface area contributed by atoms with Crippen LogP contribution in [0.5, 0.6) is 0 Å². The number of hydrogen-bond acceptors (Lipinski definition) is 3. The Bertz CT molecular complexity index is 538. The minimum absolute atomic E-state index is 0.290. The summed E-state index contributed by atoms with van der Waals surface area (Å²) in [7, 11) is 3.92. The summed E-state index contributed by atoms with van der Waals surface area (Å²) >= 11 is 0. The Hall–Kier alpha value is -1.62. The molecule has 0 aromatic carbocycles. The third kappa shape index (κ3) is 2.46. The second kappa shape index (κ2) is 4.94. The van der Waals surface area contributed by atoms with Crippen LogP contribution in [0.4, 0.5) is 0 Å². The van der Waals surface area contributed by atoms with Crippen molar-refractivity contribution in [1.29, 1.82) is 0 Å². The minimum Gasteiger partial charge on any atom is -0.306 e. The van der Waals surface area contributed by atoms with Gasteiger partial charge < -0.3 is 5.32 Å². The maximum Gasteiger partial charge on any atom is 0.0641 e. The molecular formula is C13H21N5. The van der Waals surface area contributed by atoms with Crippen molar-refractivity contribution in [1.82, 2.24) is 24.9 Å². The van der Waals surface area contributed by atoms with Crippen LogP contribution in [0.2, 0.25) is 0 Å². The van der Waals surface area contributed by atoms with Crippen molar-refractivity contribution in [2.45, 2.75) is 33.4 Å². The fourth-order valence-electron chi connectivity index (χ4n) is 2.13. The highest BCUT2D eigenvalue weighted by Crippen LogP contribution is 2.16. The van der Waals surface area contributed by atoms with E-state index in [1.54, 1.807) is 0 Å². The largest absolute Gasteiger partial charge is 0.306 e. The van der Waals surface area contributed by atoms with Gasteiger partial charge in [-0.3, -0.25) is 9.36 Å². The van der Waals surface area contributed by atoms with E-state index < -0.39 is 0 Å². The first-order chi connectivity index (χ1) is 8.49. The second-order valence-corrected chi connectivity index (χ2v) is 4.82. The molecule has 0 saturated heterocycles. The van der Waals surface area contributed by atoms with Crippen LogP contribution in [-0.4, -0.2) is 19.6 Å². The fraction of sp³-hybridized carbons (Fsp3) is 0.538. The second-order valence-electron chi connectivity index (χ2n) is 4.82.